The number of nitrogens with zero attached hydrogens (tertiary/aromatic N) is 1. The first-order chi connectivity index (χ1) is 7.79. The molecule has 1 aliphatic rings. The molecule has 0 radical (unpaired) electrons. The Morgan fingerprint density at radius 3 is 3.12 bits per heavy atom. The number of benzene rings is 1. The Morgan fingerprint density at radius 1 is 1.44 bits per heavy atom. The number of nitrogens with one attached hydrogen (secondary N) is 1. The van der Waals surface area contributed by atoms with Crippen molar-refractivity contribution in [3.8, 4) is 6.07 Å². The van der Waals surface area contributed by atoms with E-state index in [2.05, 4.69) is 11.1 Å². The smallest absolute Gasteiger partial charge is 0.0998 e. The van der Waals surface area contributed by atoms with Crippen LogP contribution in [0.5, 0.6) is 0 Å². The summed E-state index contributed by atoms with van der Waals surface area (Å²) in [4.78, 5) is 3.35. The van der Waals surface area contributed by atoms with Crippen molar-refractivity contribution in [2.45, 2.75) is 25.4 Å². The van der Waals surface area contributed by atoms with Gasteiger partial charge in [-0.25, -0.2) is 0 Å². The van der Waals surface area contributed by atoms with Gasteiger partial charge in [0.05, 0.1) is 17.7 Å². The number of nitriles is 1. The maximum Gasteiger partial charge on any atom is 0.0998 e. The van der Waals surface area contributed by atoms with E-state index in [4.69, 9.17) is 5.26 Å². The van der Waals surface area contributed by atoms with E-state index in [9.17, 15) is 5.11 Å². The van der Waals surface area contributed by atoms with E-state index in [1.54, 1.807) is 0 Å². The molecule has 3 rings (SSSR count). The van der Waals surface area contributed by atoms with Crippen molar-refractivity contribution in [2.75, 3.05) is 0 Å². The second kappa shape index (κ2) is 3.36. The second-order valence-electron chi connectivity index (χ2n) is 4.32. The first kappa shape index (κ1) is 9.44. The molecule has 3 nitrogen and oxygen atoms in total. The molecule has 1 aromatic heterocycles. The molecule has 2 aromatic rings. The van der Waals surface area contributed by atoms with Crippen LogP contribution >= 0.6 is 0 Å². The van der Waals surface area contributed by atoms with Crippen LogP contribution in [-0.4, -0.2) is 16.2 Å². The van der Waals surface area contributed by atoms with Crippen LogP contribution in [0.4, 0.5) is 0 Å². The van der Waals surface area contributed by atoms with Crippen LogP contribution in [0.1, 0.15) is 23.2 Å². The molecule has 1 atom stereocenters. The highest BCUT2D eigenvalue weighted by atomic mass is 16.3. The highest BCUT2D eigenvalue weighted by molar-refractivity contribution is 5.90. The van der Waals surface area contributed by atoms with Crippen molar-refractivity contribution in [2.24, 2.45) is 0 Å². The molecule has 1 heterocycles. The average molecular weight is 212 g/mol. The van der Waals surface area contributed by atoms with Crippen LogP contribution in [0.15, 0.2) is 18.2 Å². The molecular formula is C13H12N2O. The molecule has 0 spiro atoms. The molecule has 1 unspecified atom stereocenters. The Hall–Kier alpha value is -1.79. The molecule has 3 heteroatoms. The number of aryl methyl sites for hydroxylation is 1. The minimum Gasteiger partial charge on any atom is -0.393 e. The fourth-order valence-corrected chi connectivity index (χ4v) is 2.55. The maximum atomic E-state index is 9.70. The molecule has 0 aliphatic heterocycles. The normalized spacial score (nSPS) is 19.4. The topological polar surface area (TPSA) is 59.8 Å². The van der Waals surface area contributed by atoms with Crippen LogP contribution in [0.25, 0.3) is 10.9 Å². The minimum atomic E-state index is -0.266. The van der Waals surface area contributed by atoms with Gasteiger partial charge in [0.15, 0.2) is 0 Å². The van der Waals surface area contributed by atoms with E-state index in [-0.39, 0.29) is 6.10 Å². The maximum absolute atomic E-state index is 9.70. The number of fused-ring (bicyclic) bond motifs is 3. The van der Waals surface area contributed by atoms with Gasteiger partial charge in [-0.15, -0.1) is 0 Å². The minimum absolute atomic E-state index is 0.266. The Morgan fingerprint density at radius 2 is 2.31 bits per heavy atom. The molecule has 1 aliphatic carbocycles. The zero-order chi connectivity index (χ0) is 11.1. The standard InChI is InChI=1S/C13H12N2O/c14-7-8-2-1-3-12-13(8)10-6-9(16)4-5-11(10)15-12/h1-3,9,15-16H,4-6H2. The number of H-pyrrole nitrogens is 1. The van der Waals surface area contributed by atoms with Crippen molar-refractivity contribution >= 4 is 10.9 Å². The van der Waals surface area contributed by atoms with Gasteiger partial charge in [0, 0.05) is 23.0 Å². The van der Waals surface area contributed by atoms with Gasteiger partial charge in [0.1, 0.15) is 0 Å². The number of aliphatic hydroxyl groups excluding tert-OH is 1. The lowest BCUT2D eigenvalue weighted by molar-refractivity contribution is 0.158. The van der Waals surface area contributed by atoms with Crippen molar-refractivity contribution in [3.63, 3.8) is 0 Å². The Kier molecular flexibility index (Phi) is 1.98. The van der Waals surface area contributed by atoms with Crippen LogP contribution in [0.3, 0.4) is 0 Å². The van der Waals surface area contributed by atoms with E-state index in [0.717, 1.165) is 29.3 Å². The van der Waals surface area contributed by atoms with E-state index in [0.29, 0.717) is 12.0 Å². The largest absolute Gasteiger partial charge is 0.393 e. The lowest BCUT2D eigenvalue weighted by atomic mass is 9.92. The molecule has 0 saturated heterocycles. The zero-order valence-electron chi connectivity index (χ0n) is 8.83. The highest BCUT2D eigenvalue weighted by Crippen LogP contribution is 2.31. The quantitative estimate of drug-likeness (QED) is 0.700. The highest BCUT2D eigenvalue weighted by Gasteiger charge is 2.22. The van der Waals surface area contributed by atoms with Crippen LogP contribution < -0.4 is 0 Å². The molecule has 80 valence electrons. The number of hydrogen-bond donors (Lipinski definition) is 2. The van der Waals surface area contributed by atoms with Gasteiger partial charge in [0.25, 0.3) is 0 Å². The monoisotopic (exact) mass is 212 g/mol. The molecule has 2 N–H and O–H groups in total. The van der Waals surface area contributed by atoms with Gasteiger partial charge >= 0.3 is 0 Å². The molecule has 0 fully saturated rings. The third-order valence-corrected chi connectivity index (χ3v) is 3.30. The predicted molar refractivity (Wildman–Crippen MR) is 61.0 cm³/mol. The Labute approximate surface area is 93.3 Å². The summed E-state index contributed by atoms with van der Waals surface area (Å²) in [7, 11) is 0. The van der Waals surface area contributed by atoms with Gasteiger partial charge in [-0.05, 0) is 30.5 Å². The molecule has 0 saturated carbocycles. The molecular weight excluding hydrogens is 200 g/mol. The summed E-state index contributed by atoms with van der Waals surface area (Å²) < 4.78 is 0. The van der Waals surface area contributed by atoms with Gasteiger partial charge in [-0.3, -0.25) is 0 Å². The predicted octanol–water partition coefficient (Wildman–Crippen LogP) is 1.89. The molecule has 0 bridgehead atoms. The van der Waals surface area contributed by atoms with Gasteiger partial charge < -0.3 is 10.1 Å². The zero-order valence-corrected chi connectivity index (χ0v) is 8.83. The van der Waals surface area contributed by atoms with Crippen molar-refractivity contribution in [1.82, 2.24) is 4.98 Å². The first-order valence-corrected chi connectivity index (χ1v) is 5.50. The summed E-state index contributed by atoms with van der Waals surface area (Å²) in [5.74, 6) is 0. The number of hydrogen-bond acceptors (Lipinski definition) is 2. The molecule has 1 aromatic carbocycles. The molecule has 0 amide bonds. The Balaban J connectivity index is 2.33. The van der Waals surface area contributed by atoms with Crippen LogP contribution in [-0.2, 0) is 12.8 Å². The third-order valence-electron chi connectivity index (χ3n) is 3.30. The summed E-state index contributed by atoms with van der Waals surface area (Å²) in [5.41, 5.74) is 4.02. The fourth-order valence-electron chi connectivity index (χ4n) is 2.55. The third kappa shape index (κ3) is 1.24. The fraction of sp³-hybridized carbons (Fsp3) is 0.308. The Bertz CT molecular complexity index is 592. The van der Waals surface area contributed by atoms with Gasteiger partial charge in [-0.1, -0.05) is 6.07 Å². The number of aliphatic hydroxyl groups is 1. The lowest BCUT2D eigenvalue weighted by Crippen LogP contribution is -2.17. The van der Waals surface area contributed by atoms with E-state index in [1.807, 2.05) is 18.2 Å². The van der Waals surface area contributed by atoms with Crippen molar-refractivity contribution in [1.29, 1.82) is 5.26 Å². The van der Waals surface area contributed by atoms with Crippen LogP contribution in [0, 0.1) is 11.3 Å². The van der Waals surface area contributed by atoms with E-state index >= 15 is 0 Å². The number of aromatic amines is 1. The van der Waals surface area contributed by atoms with Gasteiger partial charge in [0.2, 0.25) is 0 Å². The van der Waals surface area contributed by atoms with Crippen LogP contribution in [0.2, 0.25) is 0 Å². The van der Waals surface area contributed by atoms with Crippen molar-refractivity contribution in [3.05, 3.63) is 35.0 Å². The second-order valence-corrected chi connectivity index (χ2v) is 4.32. The van der Waals surface area contributed by atoms with Gasteiger partial charge in [-0.2, -0.15) is 5.26 Å². The number of rotatable bonds is 0. The van der Waals surface area contributed by atoms with Crippen molar-refractivity contribution < 1.29 is 5.11 Å². The molecule has 16 heavy (non-hydrogen) atoms. The summed E-state index contributed by atoms with van der Waals surface area (Å²) in [6.45, 7) is 0. The summed E-state index contributed by atoms with van der Waals surface area (Å²) >= 11 is 0. The lowest BCUT2D eigenvalue weighted by Gasteiger charge is -2.17. The van der Waals surface area contributed by atoms with E-state index < -0.39 is 0 Å². The summed E-state index contributed by atoms with van der Waals surface area (Å²) in [6.07, 6.45) is 2.07. The summed E-state index contributed by atoms with van der Waals surface area (Å²) in [6, 6.07) is 7.93. The van der Waals surface area contributed by atoms with E-state index in [1.165, 1.54) is 5.69 Å². The average Bonchev–Trinajstić information content (AvgIpc) is 2.66. The first-order valence-electron chi connectivity index (χ1n) is 5.50. The number of aromatic nitrogens is 1. The summed E-state index contributed by atoms with van der Waals surface area (Å²) in [5, 5.41) is 19.8. The SMILES string of the molecule is N#Cc1cccc2[nH]c3c(c12)CC(O)CC3.